The number of nitriles is 1. The Morgan fingerprint density at radius 3 is 2.60 bits per heavy atom. The lowest BCUT2D eigenvalue weighted by molar-refractivity contribution is -0.139. The van der Waals surface area contributed by atoms with Crippen LogP contribution in [-0.2, 0) is 23.9 Å². The van der Waals surface area contributed by atoms with Gasteiger partial charge in [-0.1, -0.05) is 12.6 Å². The molecule has 1 aromatic carbocycles. The fourth-order valence-electron chi connectivity index (χ4n) is 7.00. The molecule has 1 atom stereocenters. The molecule has 240 valence electrons. The molecule has 1 aliphatic carbocycles. The molecule has 0 bridgehead atoms. The number of likely N-dealkylation sites (tertiary alicyclic amines) is 1. The van der Waals surface area contributed by atoms with Gasteiger partial charge < -0.3 is 24.9 Å². The number of aromatic nitrogens is 2. The predicted octanol–water partition coefficient (Wildman–Crippen LogP) is 4.60. The van der Waals surface area contributed by atoms with Crippen molar-refractivity contribution in [3.8, 4) is 6.07 Å². The predicted molar refractivity (Wildman–Crippen MR) is 162 cm³/mol. The Kier molecular flexibility index (Phi) is 8.61. The van der Waals surface area contributed by atoms with Gasteiger partial charge in [-0.15, -0.1) is 0 Å². The summed E-state index contributed by atoms with van der Waals surface area (Å²) in [5, 5.41) is 12.9. The van der Waals surface area contributed by atoms with E-state index in [0.717, 1.165) is 44.1 Å². The highest BCUT2D eigenvalue weighted by atomic mass is 19.4. The first kappa shape index (κ1) is 31.1. The van der Waals surface area contributed by atoms with E-state index in [9.17, 15) is 27.6 Å². The molecular formula is C32H38F4N8O. The Morgan fingerprint density at radius 1 is 1.13 bits per heavy atom. The zero-order valence-electron chi connectivity index (χ0n) is 25.3. The lowest BCUT2D eigenvalue weighted by Gasteiger charge is -2.42. The summed E-state index contributed by atoms with van der Waals surface area (Å²) in [5.41, 5.74) is 0.0567. The van der Waals surface area contributed by atoms with Crippen LogP contribution in [0.25, 0.3) is 0 Å². The number of hydrogen-bond acceptors (Lipinski definition) is 8. The number of amides is 1. The minimum atomic E-state index is -4.85. The van der Waals surface area contributed by atoms with E-state index in [4.69, 9.17) is 9.97 Å². The second-order valence-electron chi connectivity index (χ2n) is 12.6. The largest absolute Gasteiger partial charge is 0.421 e. The highest BCUT2D eigenvalue weighted by Gasteiger charge is 2.44. The van der Waals surface area contributed by atoms with Gasteiger partial charge in [0.05, 0.1) is 36.5 Å². The van der Waals surface area contributed by atoms with Crippen molar-refractivity contribution >= 4 is 23.4 Å². The topological polar surface area (TPSA) is 91.6 Å². The summed E-state index contributed by atoms with van der Waals surface area (Å²) in [6.45, 7) is 9.02. The summed E-state index contributed by atoms with van der Waals surface area (Å²) in [6.07, 6.45) is 1.55. The third kappa shape index (κ3) is 6.57. The zero-order valence-corrected chi connectivity index (χ0v) is 25.3. The molecule has 3 aliphatic heterocycles. The van der Waals surface area contributed by atoms with Crippen LogP contribution < -0.4 is 15.1 Å². The van der Waals surface area contributed by atoms with Crippen molar-refractivity contribution in [2.24, 2.45) is 5.41 Å². The number of carbonyl (C=O) groups is 1. The fraction of sp³-hybridized carbons (Fsp3) is 0.562. The number of hydrogen-bond donors (Lipinski definition) is 1. The molecule has 1 saturated carbocycles. The summed E-state index contributed by atoms with van der Waals surface area (Å²) in [7, 11) is 0. The second-order valence-corrected chi connectivity index (χ2v) is 12.6. The number of fused-ring (bicyclic) bond motifs is 1. The van der Waals surface area contributed by atoms with Gasteiger partial charge in [0.15, 0.2) is 0 Å². The maximum absolute atomic E-state index is 14.5. The van der Waals surface area contributed by atoms with E-state index in [-0.39, 0.29) is 42.6 Å². The molecule has 3 fully saturated rings. The van der Waals surface area contributed by atoms with Gasteiger partial charge in [-0.25, -0.2) is 9.37 Å². The van der Waals surface area contributed by atoms with Gasteiger partial charge in [0, 0.05) is 50.2 Å². The molecule has 0 spiro atoms. The Hall–Kier alpha value is -3.92. The maximum Gasteiger partial charge on any atom is 0.421 e. The Bertz CT molecular complexity index is 1480. The quantitative estimate of drug-likeness (QED) is 0.319. The first-order valence-electron chi connectivity index (χ1n) is 15.6. The first-order valence-corrected chi connectivity index (χ1v) is 15.6. The van der Waals surface area contributed by atoms with Gasteiger partial charge in [0.25, 0.3) is 0 Å². The minimum Gasteiger partial charge on any atom is -0.365 e. The summed E-state index contributed by atoms with van der Waals surface area (Å²) in [6, 6.07) is 5.24. The molecular weight excluding hydrogens is 588 g/mol. The van der Waals surface area contributed by atoms with Crippen LogP contribution in [0.15, 0.2) is 30.9 Å². The lowest BCUT2D eigenvalue weighted by atomic mass is 10.0. The average molecular weight is 627 g/mol. The van der Waals surface area contributed by atoms with Crippen molar-refractivity contribution in [3.63, 3.8) is 0 Å². The van der Waals surface area contributed by atoms with Crippen LogP contribution in [0.1, 0.15) is 48.9 Å². The van der Waals surface area contributed by atoms with Crippen molar-refractivity contribution in [2.75, 3.05) is 67.5 Å². The molecule has 13 heteroatoms. The third-order valence-electron chi connectivity index (χ3n) is 9.56. The number of nitrogens with zero attached hydrogens (tertiary/aromatic N) is 7. The summed E-state index contributed by atoms with van der Waals surface area (Å²) >= 11 is 0. The van der Waals surface area contributed by atoms with Crippen LogP contribution in [0.5, 0.6) is 0 Å². The van der Waals surface area contributed by atoms with Crippen LogP contribution in [-0.4, -0.2) is 84.1 Å². The van der Waals surface area contributed by atoms with Crippen LogP contribution in [0.4, 0.5) is 35.0 Å². The van der Waals surface area contributed by atoms with Crippen LogP contribution >= 0.6 is 0 Å². The third-order valence-corrected chi connectivity index (χ3v) is 9.56. The average Bonchev–Trinajstić information content (AvgIpc) is 3.59. The molecule has 4 heterocycles. The SMILES string of the molecule is C=CC(=O)N1CCN(c2nc(NCC3(CN4CCCC4)CC3)nc3c2CCN(c2cccc(F)c2C(F)(F)F)C3)C[C@@H]1CC#N. The van der Waals surface area contributed by atoms with Gasteiger partial charge in [0.2, 0.25) is 11.9 Å². The summed E-state index contributed by atoms with van der Waals surface area (Å²) < 4.78 is 56.3. The maximum atomic E-state index is 14.5. The highest BCUT2D eigenvalue weighted by Crippen LogP contribution is 2.47. The van der Waals surface area contributed by atoms with E-state index in [1.54, 1.807) is 4.90 Å². The van der Waals surface area contributed by atoms with Gasteiger partial charge in [-0.2, -0.15) is 23.4 Å². The van der Waals surface area contributed by atoms with E-state index < -0.39 is 17.6 Å². The van der Waals surface area contributed by atoms with Gasteiger partial charge in [-0.05, 0) is 63.4 Å². The van der Waals surface area contributed by atoms with Gasteiger partial charge in [-0.3, -0.25) is 4.79 Å². The Morgan fingerprint density at radius 2 is 1.91 bits per heavy atom. The number of alkyl halides is 3. The smallest absolute Gasteiger partial charge is 0.365 e. The molecule has 1 N–H and O–H groups in total. The number of nitrogens with one attached hydrogen (secondary N) is 1. The molecule has 0 unspecified atom stereocenters. The molecule has 2 saturated heterocycles. The molecule has 45 heavy (non-hydrogen) atoms. The normalized spacial score (nSPS) is 21.3. The first-order chi connectivity index (χ1) is 21.6. The van der Waals surface area contributed by atoms with Gasteiger partial charge in [0.1, 0.15) is 17.2 Å². The number of carbonyl (C=O) groups excluding carboxylic acids is 1. The number of piperazine rings is 1. The number of halogens is 4. The highest BCUT2D eigenvalue weighted by molar-refractivity contribution is 5.87. The van der Waals surface area contributed by atoms with E-state index in [0.29, 0.717) is 50.1 Å². The monoisotopic (exact) mass is 626 g/mol. The Labute approximate surface area is 260 Å². The van der Waals surface area contributed by atoms with Gasteiger partial charge >= 0.3 is 6.18 Å². The van der Waals surface area contributed by atoms with Crippen molar-refractivity contribution in [3.05, 3.63) is 53.5 Å². The lowest BCUT2D eigenvalue weighted by Crippen LogP contribution is -2.55. The molecule has 0 radical (unpaired) electrons. The summed E-state index contributed by atoms with van der Waals surface area (Å²) in [4.78, 5) is 30.0. The molecule has 1 amide bonds. The molecule has 6 rings (SSSR count). The van der Waals surface area contributed by atoms with Crippen molar-refractivity contribution in [1.29, 1.82) is 5.26 Å². The van der Waals surface area contributed by atoms with Crippen LogP contribution in [0.2, 0.25) is 0 Å². The zero-order chi connectivity index (χ0) is 31.8. The van der Waals surface area contributed by atoms with E-state index in [2.05, 4.69) is 27.8 Å². The number of rotatable bonds is 9. The van der Waals surface area contributed by atoms with E-state index in [1.807, 2.05) is 0 Å². The van der Waals surface area contributed by atoms with Crippen LogP contribution in [0.3, 0.4) is 0 Å². The molecule has 9 nitrogen and oxygen atoms in total. The van der Waals surface area contributed by atoms with E-state index >= 15 is 0 Å². The summed E-state index contributed by atoms with van der Waals surface area (Å²) in [5.74, 6) is -0.480. The standard InChI is InChI=1S/C32H38F4N8O/c1-2-27(45)44-17-16-43(18-22(44)8-12-37)29-23-9-15-42(26-7-5-6-24(33)28(26)32(34,35)36)19-25(23)39-30(40-29)38-20-31(10-11-31)21-41-13-3-4-14-41/h2,5-7,22H,1,3-4,8-11,13-21H2,(H,38,39,40)/t22-/m0/s1. The van der Waals surface area contributed by atoms with E-state index in [1.165, 1.54) is 36.0 Å². The van der Waals surface area contributed by atoms with Crippen molar-refractivity contribution < 1.29 is 22.4 Å². The number of anilines is 3. The van der Waals surface area contributed by atoms with Crippen molar-refractivity contribution in [2.45, 2.75) is 57.3 Å². The second kappa shape index (κ2) is 12.5. The fourth-order valence-corrected chi connectivity index (χ4v) is 7.00. The molecule has 1 aromatic heterocycles. The molecule has 2 aromatic rings. The van der Waals surface area contributed by atoms with Crippen molar-refractivity contribution in [1.82, 2.24) is 19.8 Å². The van der Waals surface area contributed by atoms with Crippen LogP contribution in [0, 0.1) is 22.6 Å². The minimum absolute atomic E-state index is 0.0571. The molecule has 4 aliphatic rings. The number of benzene rings is 1. The Balaban J connectivity index is 1.31.